The summed E-state index contributed by atoms with van der Waals surface area (Å²) in [6.45, 7) is 2.27. The first-order valence-electron chi connectivity index (χ1n) is 6.51. The minimum absolute atomic E-state index is 0.161. The van der Waals surface area contributed by atoms with Crippen LogP contribution in [0.5, 0.6) is 0 Å². The molecule has 1 aliphatic rings. The second kappa shape index (κ2) is 5.67. The minimum Gasteiger partial charge on any atom is -0.395 e. The topological polar surface area (TPSA) is 66.6 Å². The van der Waals surface area contributed by atoms with Gasteiger partial charge in [0.05, 0.1) is 5.69 Å². The molecule has 1 fully saturated rings. The van der Waals surface area contributed by atoms with Crippen molar-refractivity contribution >= 4 is 15.7 Å². The fourth-order valence-electron chi connectivity index (χ4n) is 2.55. The molecule has 20 heavy (non-hydrogen) atoms. The molecular weight excluding hydrogens is 281 g/mol. The maximum Gasteiger partial charge on any atom is 0.244 e. The van der Waals surface area contributed by atoms with Crippen LogP contribution in [0.1, 0.15) is 6.42 Å². The smallest absolute Gasteiger partial charge is 0.244 e. The van der Waals surface area contributed by atoms with Crippen LogP contribution in [0.4, 0.5) is 10.1 Å². The Morgan fingerprint density at radius 3 is 2.80 bits per heavy atom. The summed E-state index contributed by atoms with van der Waals surface area (Å²) in [6.07, 6.45) is 0.967. The number of halogens is 1. The van der Waals surface area contributed by atoms with Crippen molar-refractivity contribution in [1.82, 2.24) is 9.21 Å². The zero-order chi connectivity index (χ0) is 14.9. The first-order chi connectivity index (χ1) is 9.32. The fourth-order valence-corrected chi connectivity index (χ4v) is 3.92. The van der Waals surface area contributed by atoms with Gasteiger partial charge < -0.3 is 10.6 Å². The van der Waals surface area contributed by atoms with Crippen molar-refractivity contribution in [3.63, 3.8) is 0 Å². The third-order valence-electron chi connectivity index (χ3n) is 3.71. The molecule has 1 aliphatic heterocycles. The van der Waals surface area contributed by atoms with Crippen molar-refractivity contribution in [3.8, 4) is 0 Å². The Labute approximate surface area is 119 Å². The Kier molecular flexibility index (Phi) is 4.31. The van der Waals surface area contributed by atoms with Crippen molar-refractivity contribution in [2.75, 3.05) is 39.5 Å². The largest absolute Gasteiger partial charge is 0.395 e. The van der Waals surface area contributed by atoms with Gasteiger partial charge in [-0.1, -0.05) is 6.07 Å². The van der Waals surface area contributed by atoms with Crippen LogP contribution >= 0.6 is 0 Å². The first-order valence-corrected chi connectivity index (χ1v) is 7.95. The molecule has 2 N–H and O–H groups in total. The van der Waals surface area contributed by atoms with E-state index in [-0.39, 0.29) is 10.6 Å². The third kappa shape index (κ3) is 2.94. The molecule has 7 heteroatoms. The highest BCUT2D eigenvalue weighted by Crippen LogP contribution is 2.25. The highest BCUT2D eigenvalue weighted by molar-refractivity contribution is 7.89. The molecule has 1 heterocycles. The Morgan fingerprint density at radius 1 is 1.50 bits per heavy atom. The van der Waals surface area contributed by atoms with Gasteiger partial charge in [0.15, 0.2) is 0 Å². The average molecular weight is 301 g/mol. The van der Waals surface area contributed by atoms with E-state index in [0.29, 0.717) is 12.5 Å². The molecular formula is C13H20FN3O2S. The first kappa shape index (κ1) is 15.2. The van der Waals surface area contributed by atoms with Crippen LogP contribution in [0.3, 0.4) is 0 Å². The molecule has 0 radical (unpaired) electrons. The van der Waals surface area contributed by atoms with Gasteiger partial charge >= 0.3 is 0 Å². The molecule has 0 aromatic heterocycles. The third-order valence-corrected chi connectivity index (χ3v) is 5.59. The number of benzene rings is 1. The van der Waals surface area contributed by atoms with Crippen molar-refractivity contribution in [2.45, 2.75) is 11.3 Å². The van der Waals surface area contributed by atoms with E-state index in [1.807, 2.05) is 7.05 Å². The Bertz CT molecular complexity index is 591. The zero-order valence-electron chi connectivity index (χ0n) is 11.7. The molecule has 1 atom stereocenters. The number of nitrogen functional groups attached to an aromatic ring is 1. The molecule has 0 saturated carbocycles. The van der Waals surface area contributed by atoms with E-state index >= 15 is 0 Å². The van der Waals surface area contributed by atoms with Crippen LogP contribution in [0.25, 0.3) is 0 Å². The van der Waals surface area contributed by atoms with Crippen LogP contribution < -0.4 is 5.73 Å². The van der Waals surface area contributed by atoms with Gasteiger partial charge in [-0.25, -0.2) is 17.1 Å². The van der Waals surface area contributed by atoms with E-state index in [0.717, 1.165) is 25.6 Å². The molecule has 0 aliphatic carbocycles. The molecule has 0 spiro atoms. The second-order valence-electron chi connectivity index (χ2n) is 5.35. The quantitative estimate of drug-likeness (QED) is 0.842. The monoisotopic (exact) mass is 301 g/mol. The minimum atomic E-state index is -3.75. The Hall–Kier alpha value is -1.18. The number of rotatable bonds is 4. The van der Waals surface area contributed by atoms with Gasteiger partial charge in [-0.05, 0) is 38.1 Å². The molecule has 0 bridgehead atoms. The van der Waals surface area contributed by atoms with E-state index in [9.17, 15) is 12.8 Å². The average Bonchev–Trinajstić information content (AvgIpc) is 2.78. The fraction of sp³-hybridized carbons (Fsp3) is 0.538. The molecule has 1 unspecified atom stereocenters. The summed E-state index contributed by atoms with van der Waals surface area (Å²) < 4.78 is 39.6. The standard InChI is InChI=1S/C13H20FN3O2S/c1-16-7-6-10(8-16)9-17(2)20(18,19)12-5-3-4-11(14)13(12)15/h3-5,10H,6-9,15H2,1-2H3. The summed E-state index contributed by atoms with van der Waals surface area (Å²) in [4.78, 5) is 2.01. The van der Waals surface area contributed by atoms with E-state index < -0.39 is 15.8 Å². The molecule has 1 saturated heterocycles. The van der Waals surface area contributed by atoms with Gasteiger partial charge in [0.2, 0.25) is 10.0 Å². The summed E-state index contributed by atoms with van der Waals surface area (Å²) in [7, 11) is -0.222. The molecule has 1 aromatic rings. The van der Waals surface area contributed by atoms with Crippen molar-refractivity contribution in [1.29, 1.82) is 0 Å². The van der Waals surface area contributed by atoms with Crippen LogP contribution in [0.2, 0.25) is 0 Å². The van der Waals surface area contributed by atoms with Gasteiger partial charge in [0.25, 0.3) is 0 Å². The summed E-state index contributed by atoms with van der Waals surface area (Å²) in [5, 5.41) is 0. The second-order valence-corrected chi connectivity index (χ2v) is 7.37. The number of nitrogens with zero attached hydrogens (tertiary/aromatic N) is 2. The number of anilines is 1. The highest BCUT2D eigenvalue weighted by Gasteiger charge is 2.29. The normalized spacial score (nSPS) is 20.7. The lowest BCUT2D eigenvalue weighted by Crippen LogP contribution is -2.33. The van der Waals surface area contributed by atoms with Crippen molar-refractivity contribution in [3.05, 3.63) is 24.0 Å². The van der Waals surface area contributed by atoms with Gasteiger partial charge in [-0.15, -0.1) is 0 Å². The van der Waals surface area contributed by atoms with Gasteiger partial charge in [-0.3, -0.25) is 0 Å². The molecule has 5 nitrogen and oxygen atoms in total. The SMILES string of the molecule is CN1CCC(CN(C)S(=O)(=O)c2cccc(F)c2N)C1. The van der Waals surface area contributed by atoms with Crippen LogP contribution in [0.15, 0.2) is 23.1 Å². The number of likely N-dealkylation sites (tertiary alicyclic amines) is 1. The molecule has 1 aromatic carbocycles. The van der Waals surface area contributed by atoms with Crippen LogP contribution in [-0.2, 0) is 10.0 Å². The summed E-state index contributed by atoms with van der Waals surface area (Å²) in [6, 6.07) is 3.85. The summed E-state index contributed by atoms with van der Waals surface area (Å²) >= 11 is 0. The van der Waals surface area contributed by atoms with Crippen LogP contribution in [-0.4, -0.2) is 51.4 Å². The number of hydrogen-bond donors (Lipinski definition) is 1. The Balaban J connectivity index is 2.19. The molecule has 0 amide bonds. The predicted molar refractivity (Wildman–Crippen MR) is 76.2 cm³/mol. The highest BCUT2D eigenvalue weighted by atomic mass is 32.2. The number of hydrogen-bond acceptors (Lipinski definition) is 4. The lowest BCUT2D eigenvalue weighted by molar-refractivity contribution is 0.357. The lowest BCUT2D eigenvalue weighted by Gasteiger charge is -2.21. The predicted octanol–water partition coefficient (Wildman–Crippen LogP) is 0.980. The van der Waals surface area contributed by atoms with E-state index in [2.05, 4.69) is 4.90 Å². The van der Waals surface area contributed by atoms with Gasteiger partial charge in [-0.2, -0.15) is 0 Å². The number of sulfonamides is 1. The summed E-state index contributed by atoms with van der Waals surface area (Å²) in [5.74, 6) is -0.408. The molecule has 112 valence electrons. The maximum absolute atomic E-state index is 13.4. The van der Waals surface area contributed by atoms with E-state index in [1.54, 1.807) is 0 Å². The summed E-state index contributed by atoms with van der Waals surface area (Å²) in [5.41, 5.74) is 5.23. The number of nitrogens with two attached hydrogens (primary N) is 1. The van der Waals surface area contributed by atoms with Crippen LogP contribution in [0, 0.1) is 11.7 Å². The maximum atomic E-state index is 13.4. The van der Waals surface area contributed by atoms with Crippen molar-refractivity contribution < 1.29 is 12.8 Å². The number of para-hydroxylation sites is 1. The van der Waals surface area contributed by atoms with E-state index in [4.69, 9.17) is 5.73 Å². The Morgan fingerprint density at radius 2 is 2.20 bits per heavy atom. The molecule has 2 rings (SSSR count). The van der Waals surface area contributed by atoms with E-state index in [1.165, 1.54) is 23.5 Å². The van der Waals surface area contributed by atoms with Gasteiger partial charge in [0, 0.05) is 20.1 Å². The van der Waals surface area contributed by atoms with Crippen molar-refractivity contribution in [2.24, 2.45) is 5.92 Å². The zero-order valence-corrected chi connectivity index (χ0v) is 12.5. The van der Waals surface area contributed by atoms with Gasteiger partial charge in [0.1, 0.15) is 10.7 Å². The lowest BCUT2D eigenvalue weighted by atomic mass is 10.1.